The average Bonchev–Trinajstić information content (AvgIpc) is 3.43. The molecule has 0 amide bonds. The molecule has 0 unspecified atom stereocenters. The minimum Gasteiger partial charge on any atom is -0.238 e. The molecule has 51 heavy (non-hydrogen) atoms. The van der Waals surface area contributed by atoms with Crippen LogP contribution in [-0.2, 0) is 5.41 Å². The Hall–Kier alpha value is -6.63. The Labute approximate surface area is 298 Å². The van der Waals surface area contributed by atoms with Crippen molar-refractivity contribution < 1.29 is 0 Å². The zero-order chi connectivity index (χ0) is 34.5. The summed E-state index contributed by atoms with van der Waals surface area (Å²) in [5.41, 5.74) is 14.9. The Balaban J connectivity index is 1.14. The molecule has 7 aromatic carbocycles. The van der Waals surface area contributed by atoms with Gasteiger partial charge in [-0.3, -0.25) is 0 Å². The van der Waals surface area contributed by atoms with Gasteiger partial charge in [-0.05, 0) is 79.5 Å². The number of nitrogens with zero attached hydrogens (tertiary/aromatic N) is 3. The Kier molecular flexibility index (Phi) is 7.19. The van der Waals surface area contributed by atoms with Crippen LogP contribution < -0.4 is 0 Å². The van der Waals surface area contributed by atoms with Gasteiger partial charge in [0.2, 0.25) is 0 Å². The molecular weight excluding hydrogens is 619 g/mol. The van der Waals surface area contributed by atoms with Crippen LogP contribution in [0.3, 0.4) is 0 Å². The maximum atomic E-state index is 7.59. The number of hydrogen-bond acceptors (Lipinski definition) is 2. The quantitative estimate of drug-likeness (QED) is 0.173. The molecule has 3 nitrogen and oxygen atoms in total. The highest BCUT2D eigenvalue weighted by molar-refractivity contribution is 5.94. The van der Waals surface area contributed by atoms with Crippen molar-refractivity contribution in [2.45, 2.75) is 19.3 Å². The summed E-state index contributed by atoms with van der Waals surface area (Å²) in [6, 6.07) is 57.5. The lowest BCUT2D eigenvalue weighted by molar-refractivity contribution is 0.661. The molecular formula is C48H33N3. The third-order valence-electron chi connectivity index (χ3n) is 10.3. The van der Waals surface area contributed by atoms with E-state index in [1.165, 1.54) is 38.6 Å². The Bertz CT molecular complexity index is 2680. The fourth-order valence-electron chi connectivity index (χ4n) is 7.62. The van der Waals surface area contributed by atoms with Gasteiger partial charge in [-0.2, -0.15) is 0 Å². The minimum atomic E-state index is -0.187. The molecule has 0 saturated carbocycles. The van der Waals surface area contributed by atoms with E-state index < -0.39 is 0 Å². The van der Waals surface area contributed by atoms with Gasteiger partial charge < -0.3 is 0 Å². The second kappa shape index (κ2) is 12.1. The summed E-state index contributed by atoms with van der Waals surface area (Å²) in [4.78, 5) is 14.0. The molecule has 240 valence electrons. The van der Waals surface area contributed by atoms with Crippen molar-refractivity contribution in [3.8, 4) is 67.3 Å². The number of fused-ring (bicyclic) bond motifs is 4. The van der Waals surface area contributed by atoms with E-state index in [0.717, 1.165) is 44.8 Å². The molecule has 0 atom stereocenters. The molecule has 0 radical (unpaired) electrons. The van der Waals surface area contributed by atoms with Gasteiger partial charge in [0.25, 0.3) is 0 Å². The highest BCUT2D eigenvalue weighted by Gasteiger charge is 2.36. The van der Waals surface area contributed by atoms with Crippen molar-refractivity contribution in [2.75, 3.05) is 0 Å². The van der Waals surface area contributed by atoms with Crippen LogP contribution in [0.4, 0.5) is 5.69 Å². The second-order valence-corrected chi connectivity index (χ2v) is 13.7. The van der Waals surface area contributed by atoms with Gasteiger partial charge in [-0.15, -0.1) is 0 Å². The Morgan fingerprint density at radius 1 is 0.451 bits per heavy atom. The summed E-state index contributed by atoms with van der Waals surface area (Å²) in [6.07, 6.45) is 0. The van der Waals surface area contributed by atoms with E-state index in [2.05, 4.69) is 158 Å². The van der Waals surface area contributed by atoms with Gasteiger partial charge in [-0.25, -0.2) is 14.8 Å². The van der Waals surface area contributed by atoms with Gasteiger partial charge in [0.05, 0.1) is 18.0 Å². The van der Waals surface area contributed by atoms with Crippen LogP contribution in [0.1, 0.15) is 25.0 Å². The topological polar surface area (TPSA) is 30.1 Å². The minimum absolute atomic E-state index is 0.187. The molecule has 0 spiro atoms. The fraction of sp³-hybridized carbons (Fsp3) is 0.0625. The molecule has 0 bridgehead atoms. The first-order chi connectivity index (χ1) is 25.0. The first-order valence-corrected chi connectivity index (χ1v) is 17.3. The third kappa shape index (κ3) is 5.30. The van der Waals surface area contributed by atoms with Gasteiger partial charge >= 0.3 is 0 Å². The Morgan fingerprint density at radius 3 is 1.88 bits per heavy atom. The van der Waals surface area contributed by atoms with Gasteiger partial charge in [0.15, 0.2) is 11.5 Å². The monoisotopic (exact) mass is 651 g/mol. The van der Waals surface area contributed by atoms with Gasteiger partial charge in [0, 0.05) is 22.1 Å². The largest absolute Gasteiger partial charge is 0.238 e. The molecule has 0 N–H and O–H groups in total. The van der Waals surface area contributed by atoms with Crippen LogP contribution in [-0.4, -0.2) is 9.97 Å². The van der Waals surface area contributed by atoms with Crippen molar-refractivity contribution in [1.29, 1.82) is 0 Å². The predicted molar refractivity (Wildman–Crippen MR) is 211 cm³/mol. The van der Waals surface area contributed by atoms with Crippen LogP contribution >= 0.6 is 0 Å². The lowest BCUT2D eigenvalue weighted by Crippen LogP contribution is -2.14. The average molecular weight is 652 g/mol. The fourth-order valence-corrected chi connectivity index (χ4v) is 7.62. The molecule has 1 aromatic heterocycles. The predicted octanol–water partition coefficient (Wildman–Crippen LogP) is 12.8. The van der Waals surface area contributed by atoms with E-state index >= 15 is 0 Å². The summed E-state index contributed by atoms with van der Waals surface area (Å²) < 4.78 is 0. The van der Waals surface area contributed by atoms with E-state index in [4.69, 9.17) is 16.5 Å². The zero-order valence-corrected chi connectivity index (χ0v) is 28.4. The van der Waals surface area contributed by atoms with Crippen LogP contribution in [0.2, 0.25) is 0 Å². The normalized spacial score (nSPS) is 12.6. The molecule has 0 fully saturated rings. The molecule has 0 saturated heterocycles. The zero-order valence-electron chi connectivity index (χ0n) is 28.4. The first kappa shape index (κ1) is 30.4. The Morgan fingerprint density at radius 2 is 1.10 bits per heavy atom. The van der Waals surface area contributed by atoms with E-state index in [-0.39, 0.29) is 5.41 Å². The van der Waals surface area contributed by atoms with Gasteiger partial charge in [0.1, 0.15) is 0 Å². The summed E-state index contributed by atoms with van der Waals surface area (Å²) in [7, 11) is 0. The van der Waals surface area contributed by atoms with Crippen LogP contribution in [0.25, 0.3) is 82.9 Å². The van der Waals surface area contributed by atoms with Crippen molar-refractivity contribution >= 4 is 16.5 Å². The van der Waals surface area contributed by atoms with Crippen molar-refractivity contribution in [3.63, 3.8) is 0 Å². The second-order valence-electron chi connectivity index (χ2n) is 13.7. The van der Waals surface area contributed by atoms with Crippen LogP contribution in [0, 0.1) is 6.57 Å². The molecule has 1 heterocycles. The SMILES string of the molecule is [C-]#[N+]c1ccc2c(c1)C(C)(C)c1cccc(-c3cccc(-c4cccc(-c5nc(-c6ccccc6)cc(-c6ccc7ccccc7c6)n5)c4)c3)c1-2. The standard InChI is InChI=1S/C48H33N3/c1-48(2)42-21-11-20-40(46(42)41-25-24-39(49-3)29-43(41)48)36-18-9-16-34(26-36)35-17-10-19-38(28-35)47-50-44(32-13-5-4-6-14-32)30-45(51-47)37-23-22-31-12-7-8-15-33(31)27-37/h4-30H,1-2H3. The molecule has 1 aliphatic rings. The maximum Gasteiger partial charge on any atom is 0.187 e. The number of rotatable bonds is 5. The summed E-state index contributed by atoms with van der Waals surface area (Å²) in [5.74, 6) is 0.691. The summed E-state index contributed by atoms with van der Waals surface area (Å²) >= 11 is 0. The molecule has 1 aliphatic carbocycles. The molecule has 9 rings (SSSR count). The van der Waals surface area contributed by atoms with Crippen molar-refractivity contribution in [1.82, 2.24) is 9.97 Å². The van der Waals surface area contributed by atoms with Crippen LogP contribution in [0.5, 0.6) is 0 Å². The molecule has 8 aromatic rings. The highest BCUT2D eigenvalue weighted by atomic mass is 14.9. The number of aromatic nitrogens is 2. The highest BCUT2D eigenvalue weighted by Crippen LogP contribution is 2.53. The van der Waals surface area contributed by atoms with Crippen LogP contribution in [0.15, 0.2) is 164 Å². The number of benzene rings is 7. The molecule has 3 heteroatoms. The molecule has 0 aliphatic heterocycles. The van der Waals surface area contributed by atoms with Gasteiger partial charge in [-0.1, -0.05) is 153 Å². The third-order valence-corrected chi connectivity index (χ3v) is 10.3. The van der Waals surface area contributed by atoms with Crippen molar-refractivity contribution in [3.05, 3.63) is 186 Å². The van der Waals surface area contributed by atoms with E-state index in [1.807, 2.05) is 24.3 Å². The maximum absolute atomic E-state index is 7.59. The van der Waals surface area contributed by atoms with E-state index in [9.17, 15) is 0 Å². The van der Waals surface area contributed by atoms with Crippen molar-refractivity contribution in [2.24, 2.45) is 0 Å². The van der Waals surface area contributed by atoms with E-state index in [1.54, 1.807) is 0 Å². The first-order valence-electron chi connectivity index (χ1n) is 17.3. The number of hydrogen-bond donors (Lipinski definition) is 0. The summed E-state index contributed by atoms with van der Waals surface area (Å²) in [6.45, 7) is 12.1. The van der Waals surface area contributed by atoms with E-state index in [0.29, 0.717) is 11.5 Å². The lowest BCUT2D eigenvalue weighted by Gasteiger charge is -2.22. The summed E-state index contributed by atoms with van der Waals surface area (Å²) in [5, 5.41) is 2.39. The lowest BCUT2D eigenvalue weighted by atomic mass is 9.82. The smallest absolute Gasteiger partial charge is 0.187 e.